The zero-order valence-electron chi connectivity index (χ0n) is 21.4. The molecule has 8 nitrogen and oxygen atoms in total. The van der Waals surface area contributed by atoms with E-state index in [4.69, 9.17) is 0 Å². The van der Waals surface area contributed by atoms with Gasteiger partial charge in [-0.05, 0) is 92.3 Å². The number of nitrogens with one attached hydrogen (secondary N) is 3. The summed E-state index contributed by atoms with van der Waals surface area (Å²) in [5.74, 6) is 0.771. The van der Waals surface area contributed by atoms with Crippen molar-refractivity contribution in [2.45, 2.75) is 32.1 Å². The third-order valence-corrected chi connectivity index (χ3v) is 7.58. The minimum Gasteiger partial charge on any atom is -0.340 e. The van der Waals surface area contributed by atoms with Crippen LogP contribution in [0.2, 0.25) is 0 Å². The van der Waals surface area contributed by atoms with Gasteiger partial charge in [-0.25, -0.2) is 9.97 Å². The van der Waals surface area contributed by atoms with E-state index in [0.29, 0.717) is 33.9 Å². The smallest absolute Gasteiger partial charge is 0.259 e. The Kier molecular flexibility index (Phi) is 6.76. The second kappa shape index (κ2) is 10.1. The molecule has 0 unspecified atom stereocenters. The van der Waals surface area contributed by atoms with Gasteiger partial charge in [0.05, 0.1) is 22.8 Å². The molecule has 0 spiro atoms. The van der Waals surface area contributed by atoms with Crippen molar-refractivity contribution >= 4 is 34.0 Å². The number of nitrogens with zero attached hydrogens (tertiary/aromatic N) is 3. The summed E-state index contributed by atoms with van der Waals surface area (Å²) in [5.41, 5.74) is 3.49. The molecule has 1 amide bonds. The first-order chi connectivity index (χ1) is 17.8. The molecule has 0 aliphatic carbocycles. The quantitative estimate of drug-likeness (QED) is 0.350. The van der Waals surface area contributed by atoms with Crippen LogP contribution in [0.25, 0.3) is 10.9 Å². The summed E-state index contributed by atoms with van der Waals surface area (Å²) in [5, 5.41) is 6.62. The van der Waals surface area contributed by atoms with Gasteiger partial charge in [0.1, 0.15) is 5.82 Å². The summed E-state index contributed by atoms with van der Waals surface area (Å²) in [7, 11) is 2.18. The third-order valence-electron chi connectivity index (χ3n) is 7.58. The van der Waals surface area contributed by atoms with Crippen LogP contribution in [0, 0.1) is 5.92 Å². The molecular weight excluding hydrogens is 464 g/mol. The SMILES string of the molecule is CN1CCC(C(C)(C)c2ccc(NC(=O)c3cccnc3Nc3ccc4nc[nH]c(=O)c4c3)cc2)CC1. The van der Waals surface area contributed by atoms with E-state index in [2.05, 4.69) is 63.5 Å². The molecule has 0 atom stereocenters. The van der Waals surface area contributed by atoms with Gasteiger partial charge in [0.2, 0.25) is 0 Å². The Morgan fingerprint density at radius 3 is 2.51 bits per heavy atom. The molecule has 0 bridgehead atoms. The minimum atomic E-state index is -0.266. The highest BCUT2D eigenvalue weighted by Crippen LogP contribution is 2.38. The van der Waals surface area contributed by atoms with Crippen LogP contribution in [0.1, 0.15) is 42.6 Å². The summed E-state index contributed by atoms with van der Waals surface area (Å²) in [4.78, 5) is 38.8. The Bertz CT molecular complexity index is 1470. The van der Waals surface area contributed by atoms with E-state index in [9.17, 15) is 9.59 Å². The topological polar surface area (TPSA) is 103 Å². The van der Waals surface area contributed by atoms with Gasteiger partial charge in [-0.2, -0.15) is 0 Å². The Labute approximate surface area is 216 Å². The number of H-pyrrole nitrogens is 1. The van der Waals surface area contributed by atoms with Crippen molar-refractivity contribution in [3.8, 4) is 0 Å². The van der Waals surface area contributed by atoms with Gasteiger partial charge in [0.25, 0.3) is 11.5 Å². The third kappa shape index (κ3) is 5.24. The number of hydrogen-bond acceptors (Lipinski definition) is 6. The van der Waals surface area contributed by atoms with E-state index < -0.39 is 0 Å². The first-order valence-electron chi connectivity index (χ1n) is 12.6. The van der Waals surface area contributed by atoms with Crippen LogP contribution >= 0.6 is 0 Å². The van der Waals surface area contributed by atoms with E-state index in [1.807, 2.05) is 12.1 Å². The predicted molar refractivity (Wildman–Crippen MR) is 148 cm³/mol. The molecule has 1 saturated heterocycles. The molecule has 3 N–H and O–H groups in total. The molecule has 190 valence electrons. The number of carbonyl (C=O) groups is 1. The molecule has 37 heavy (non-hydrogen) atoms. The second-order valence-corrected chi connectivity index (χ2v) is 10.3. The number of aromatic nitrogens is 3. The van der Waals surface area contributed by atoms with Crippen molar-refractivity contribution in [2.75, 3.05) is 30.8 Å². The lowest BCUT2D eigenvalue weighted by Crippen LogP contribution is -2.39. The van der Waals surface area contributed by atoms with Crippen LogP contribution in [0.15, 0.2) is 71.9 Å². The normalized spacial score (nSPS) is 15.0. The standard InChI is InChI=1S/C29H32N6O2/c1-29(2,20-12-15-35(3)16-13-20)19-6-8-21(9-7-19)34-28(37)23-5-4-14-30-26(23)33-22-10-11-25-24(17-22)27(36)32-18-31-25/h4-11,14,17-18,20H,12-13,15-16H2,1-3H3,(H,30,33)(H,34,37)(H,31,32,36). The summed E-state index contributed by atoms with van der Waals surface area (Å²) in [6.07, 6.45) is 5.39. The fraction of sp³-hybridized carbons (Fsp3) is 0.310. The molecule has 0 radical (unpaired) electrons. The minimum absolute atomic E-state index is 0.0708. The molecule has 1 aliphatic rings. The van der Waals surface area contributed by atoms with E-state index in [1.54, 1.807) is 36.5 Å². The Morgan fingerprint density at radius 1 is 1.03 bits per heavy atom. The lowest BCUT2D eigenvalue weighted by atomic mass is 9.69. The van der Waals surface area contributed by atoms with Crippen molar-refractivity contribution in [3.05, 3.63) is 88.6 Å². The Hall–Kier alpha value is -4.04. The van der Waals surface area contributed by atoms with Crippen LogP contribution in [-0.2, 0) is 5.41 Å². The van der Waals surface area contributed by atoms with Crippen molar-refractivity contribution < 1.29 is 4.79 Å². The molecule has 8 heteroatoms. The Balaban J connectivity index is 1.31. The molecule has 2 aromatic carbocycles. The highest BCUT2D eigenvalue weighted by molar-refractivity contribution is 6.07. The van der Waals surface area contributed by atoms with Gasteiger partial charge >= 0.3 is 0 Å². The number of benzene rings is 2. The van der Waals surface area contributed by atoms with E-state index in [0.717, 1.165) is 18.8 Å². The summed E-state index contributed by atoms with van der Waals surface area (Å²) < 4.78 is 0. The lowest BCUT2D eigenvalue weighted by Gasteiger charge is -2.40. The molecule has 0 saturated carbocycles. The summed E-state index contributed by atoms with van der Waals surface area (Å²) >= 11 is 0. The summed E-state index contributed by atoms with van der Waals surface area (Å²) in [6.45, 7) is 6.91. The van der Waals surface area contributed by atoms with E-state index >= 15 is 0 Å². The van der Waals surface area contributed by atoms with Gasteiger partial charge in [0, 0.05) is 17.6 Å². The molecule has 2 aromatic heterocycles. The maximum absolute atomic E-state index is 13.2. The lowest BCUT2D eigenvalue weighted by molar-refractivity contribution is 0.102. The van der Waals surface area contributed by atoms with Crippen molar-refractivity contribution in [1.29, 1.82) is 0 Å². The monoisotopic (exact) mass is 496 g/mol. The molecule has 1 fully saturated rings. The van der Waals surface area contributed by atoms with E-state index in [-0.39, 0.29) is 16.9 Å². The molecule has 1 aliphatic heterocycles. The molecule has 5 rings (SSSR count). The number of rotatable bonds is 6. The number of amides is 1. The first-order valence-corrected chi connectivity index (χ1v) is 12.6. The molecule has 3 heterocycles. The van der Waals surface area contributed by atoms with Crippen molar-refractivity contribution in [1.82, 2.24) is 19.9 Å². The van der Waals surface area contributed by atoms with Crippen molar-refractivity contribution in [3.63, 3.8) is 0 Å². The number of carbonyl (C=O) groups excluding carboxylic acids is 1. The van der Waals surface area contributed by atoms with Crippen LogP contribution in [0.3, 0.4) is 0 Å². The molecular formula is C29H32N6O2. The van der Waals surface area contributed by atoms with Crippen LogP contribution in [-0.4, -0.2) is 45.9 Å². The van der Waals surface area contributed by atoms with Crippen LogP contribution in [0.4, 0.5) is 17.2 Å². The highest BCUT2D eigenvalue weighted by Gasteiger charge is 2.33. The number of hydrogen-bond donors (Lipinski definition) is 3. The first kappa shape index (κ1) is 24.6. The largest absolute Gasteiger partial charge is 0.340 e. The number of aromatic amines is 1. The number of anilines is 3. The fourth-order valence-electron chi connectivity index (χ4n) is 5.12. The van der Waals surface area contributed by atoms with Crippen LogP contribution in [0.5, 0.6) is 0 Å². The average Bonchev–Trinajstić information content (AvgIpc) is 2.90. The zero-order valence-corrected chi connectivity index (χ0v) is 21.4. The number of piperidine rings is 1. The highest BCUT2D eigenvalue weighted by atomic mass is 16.1. The van der Waals surface area contributed by atoms with Gasteiger partial charge in [-0.3, -0.25) is 9.59 Å². The van der Waals surface area contributed by atoms with Gasteiger partial charge in [-0.1, -0.05) is 26.0 Å². The average molecular weight is 497 g/mol. The maximum Gasteiger partial charge on any atom is 0.259 e. The number of likely N-dealkylation sites (tertiary alicyclic amines) is 1. The van der Waals surface area contributed by atoms with E-state index in [1.165, 1.54) is 24.7 Å². The van der Waals surface area contributed by atoms with Gasteiger partial charge in [0.15, 0.2) is 0 Å². The van der Waals surface area contributed by atoms with Gasteiger partial charge in [-0.15, -0.1) is 0 Å². The Morgan fingerprint density at radius 2 is 1.76 bits per heavy atom. The molecule has 4 aromatic rings. The summed E-state index contributed by atoms with van der Waals surface area (Å²) in [6, 6.07) is 16.9. The zero-order chi connectivity index (χ0) is 26.0. The fourth-order valence-corrected chi connectivity index (χ4v) is 5.12. The second-order valence-electron chi connectivity index (χ2n) is 10.3. The number of fused-ring (bicyclic) bond motifs is 1. The van der Waals surface area contributed by atoms with Crippen LogP contribution < -0.4 is 16.2 Å². The van der Waals surface area contributed by atoms with Crippen molar-refractivity contribution in [2.24, 2.45) is 5.92 Å². The maximum atomic E-state index is 13.2. The predicted octanol–water partition coefficient (Wildman–Crippen LogP) is 4.93. The van der Waals surface area contributed by atoms with Gasteiger partial charge < -0.3 is 20.5 Å². The number of pyridine rings is 1.